The minimum absolute atomic E-state index is 0.236. The van der Waals surface area contributed by atoms with Crippen molar-refractivity contribution in [1.29, 1.82) is 0 Å². The summed E-state index contributed by atoms with van der Waals surface area (Å²) < 4.78 is 14.6. The highest BCUT2D eigenvalue weighted by atomic mass is 32.1. The van der Waals surface area contributed by atoms with Crippen molar-refractivity contribution in [3.8, 4) is 5.69 Å². The number of carbonyl (C=O) groups excluding carboxylic acids is 1. The van der Waals surface area contributed by atoms with Crippen molar-refractivity contribution in [3.05, 3.63) is 99.3 Å². The van der Waals surface area contributed by atoms with E-state index in [-0.39, 0.29) is 22.1 Å². The van der Waals surface area contributed by atoms with Gasteiger partial charge in [-0.25, -0.2) is 4.39 Å². The smallest absolute Gasteiger partial charge is 0.266 e. The van der Waals surface area contributed by atoms with E-state index in [2.05, 4.69) is 10.3 Å². The van der Waals surface area contributed by atoms with E-state index in [1.807, 2.05) is 18.2 Å². The third-order valence-corrected chi connectivity index (χ3v) is 4.56. The van der Waals surface area contributed by atoms with E-state index in [4.69, 9.17) is 12.2 Å². The van der Waals surface area contributed by atoms with Gasteiger partial charge in [0.05, 0.1) is 16.6 Å². The van der Waals surface area contributed by atoms with E-state index >= 15 is 0 Å². The number of nitrogens with one attached hydrogen (secondary N) is 2. The van der Waals surface area contributed by atoms with Gasteiger partial charge >= 0.3 is 0 Å². The second-order valence-electron chi connectivity index (χ2n) is 6.13. The fraction of sp³-hybridized carbons (Fsp3) is 0. The normalized spacial score (nSPS) is 10.8. The van der Waals surface area contributed by atoms with Gasteiger partial charge < -0.3 is 10.3 Å². The van der Waals surface area contributed by atoms with E-state index in [9.17, 15) is 14.0 Å². The summed E-state index contributed by atoms with van der Waals surface area (Å²) in [6.45, 7) is 0. The summed E-state index contributed by atoms with van der Waals surface area (Å²) in [5, 5.41) is 3.10. The molecule has 0 saturated heterocycles. The van der Waals surface area contributed by atoms with Crippen molar-refractivity contribution in [2.45, 2.75) is 0 Å². The molecule has 4 aromatic rings. The lowest BCUT2D eigenvalue weighted by atomic mass is 10.1. The molecule has 4 rings (SSSR count). The van der Waals surface area contributed by atoms with E-state index in [0.29, 0.717) is 27.8 Å². The van der Waals surface area contributed by atoms with Crippen LogP contribution < -0.4 is 10.9 Å². The minimum Gasteiger partial charge on any atom is -0.331 e. The van der Waals surface area contributed by atoms with Gasteiger partial charge in [-0.2, -0.15) is 0 Å². The highest BCUT2D eigenvalue weighted by molar-refractivity contribution is 7.71. The van der Waals surface area contributed by atoms with Gasteiger partial charge in [-0.05, 0) is 66.8 Å². The van der Waals surface area contributed by atoms with Crippen molar-refractivity contribution in [2.24, 2.45) is 0 Å². The highest BCUT2D eigenvalue weighted by Crippen LogP contribution is 2.15. The van der Waals surface area contributed by atoms with Crippen LogP contribution in [0.5, 0.6) is 0 Å². The van der Waals surface area contributed by atoms with E-state index in [1.165, 1.54) is 28.8 Å². The Hall–Kier alpha value is -3.58. The molecule has 0 spiro atoms. The minimum atomic E-state index is -0.383. The molecule has 0 bridgehead atoms. The molecule has 0 unspecified atom stereocenters. The number of H-pyrrole nitrogens is 1. The molecule has 3 aromatic carbocycles. The van der Waals surface area contributed by atoms with E-state index in [1.54, 1.807) is 30.3 Å². The van der Waals surface area contributed by atoms with Gasteiger partial charge in [-0.1, -0.05) is 18.2 Å². The van der Waals surface area contributed by atoms with Crippen molar-refractivity contribution >= 4 is 34.7 Å². The van der Waals surface area contributed by atoms with Crippen LogP contribution in [-0.2, 0) is 0 Å². The monoisotopic (exact) mass is 391 g/mol. The summed E-state index contributed by atoms with van der Waals surface area (Å²) in [5.41, 5.74) is 1.68. The van der Waals surface area contributed by atoms with Crippen LogP contribution in [0.3, 0.4) is 0 Å². The van der Waals surface area contributed by atoms with Crippen LogP contribution >= 0.6 is 12.2 Å². The summed E-state index contributed by atoms with van der Waals surface area (Å²) >= 11 is 5.35. The summed E-state index contributed by atoms with van der Waals surface area (Å²) in [4.78, 5) is 28.4. The number of benzene rings is 3. The van der Waals surface area contributed by atoms with Gasteiger partial charge in [0.15, 0.2) is 4.77 Å². The van der Waals surface area contributed by atoms with Gasteiger partial charge in [0, 0.05) is 11.3 Å². The third kappa shape index (κ3) is 3.35. The topological polar surface area (TPSA) is 66.9 Å². The van der Waals surface area contributed by atoms with Crippen molar-refractivity contribution in [1.82, 2.24) is 9.55 Å². The van der Waals surface area contributed by atoms with Gasteiger partial charge in [0.2, 0.25) is 0 Å². The second kappa shape index (κ2) is 7.21. The number of rotatable bonds is 3. The molecule has 0 aliphatic carbocycles. The Morgan fingerprint density at radius 2 is 1.71 bits per heavy atom. The first-order chi connectivity index (χ1) is 13.5. The average molecular weight is 391 g/mol. The second-order valence-corrected chi connectivity index (χ2v) is 6.51. The van der Waals surface area contributed by atoms with Crippen LogP contribution in [0.1, 0.15) is 10.4 Å². The predicted molar refractivity (Wildman–Crippen MR) is 109 cm³/mol. The fourth-order valence-electron chi connectivity index (χ4n) is 2.91. The molecule has 0 radical (unpaired) electrons. The number of halogens is 1. The summed E-state index contributed by atoms with van der Waals surface area (Å²) in [7, 11) is 0. The number of fused-ring (bicyclic) bond motifs is 1. The standard InChI is InChI=1S/C21H14FN3O2S/c22-14-7-9-15(10-8-14)23-19(26)13-6-11-17-18(12-13)24-21(28)25(20(17)27)16-4-2-1-3-5-16/h1-12H,(H,23,26)(H,24,28). The Kier molecular flexibility index (Phi) is 4.58. The average Bonchev–Trinajstić information content (AvgIpc) is 2.70. The molecule has 0 aliphatic rings. The predicted octanol–water partition coefficient (Wildman–Crippen LogP) is 4.44. The molecule has 5 nitrogen and oxygen atoms in total. The molecule has 138 valence electrons. The Morgan fingerprint density at radius 1 is 1.00 bits per heavy atom. The summed E-state index contributed by atoms with van der Waals surface area (Å²) in [6, 6.07) is 19.3. The number of para-hydroxylation sites is 1. The molecule has 1 amide bonds. The number of aromatic amines is 1. The SMILES string of the molecule is O=C(Nc1ccc(F)cc1)c1ccc2c(=O)n(-c3ccccc3)c(=S)[nH]c2c1. The Labute approximate surface area is 164 Å². The van der Waals surface area contributed by atoms with Crippen LogP contribution in [-0.4, -0.2) is 15.5 Å². The molecule has 7 heteroatoms. The quantitative estimate of drug-likeness (QED) is 0.508. The molecule has 0 fully saturated rings. The molecular weight excluding hydrogens is 377 g/mol. The van der Waals surface area contributed by atoms with Crippen LogP contribution in [0.2, 0.25) is 0 Å². The first-order valence-electron chi connectivity index (χ1n) is 8.44. The number of nitrogens with zero attached hydrogens (tertiary/aromatic N) is 1. The number of amides is 1. The summed E-state index contributed by atoms with van der Waals surface area (Å²) in [5.74, 6) is -0.758. The largest absolute Gasteiger partial charge is 0.331 e. The van der Waals surface area contributed by atoms with Crippen molar-refractivity contribution in [3.63, 3.8) is 0 Å². The van der Waals surface area contributed by atoms with Gasteiger partial charge in [0.25, 0.3) is 11.5 Å². The van der Waals surface area contributed by atoms with Crippen LogP contribution in [0.4, 0.5) is 10.1 Å². The van der Waals surface area contributed by atoms with Gasteiger partial charge in [0.1, 0.15) is 5.82 Å². The van der Waals surface area contributed by atoms with Crippen molar-refractivity contribution < 1.29 is 9.18 Å². The molecule has 0 atom stereocenters. The molecule has 0 saturated carbocycles. The Balaban J connectivity index is 1.74. The van der Waals surface area contributed by atoms with Crippen LogP contribution in [0, 0.1) is 10.6 Å². The first-order valence-corrected chi connectivity index (χ1v) is 8.85. The number of aromatic nitrogens is 2. The number of hydrogen-bond donors (Lipinski definition) is 2. The molecular formula is C21H14FN3O2S. The fourth-order valence-corrected chi connectivity index (χ4v) is 3.21. The van der Waals surface area contributed by atoms with Gasteiger partial charge in [-0.3, -0.25) is 14.2 Å². The Bertz CT molecular complexity index is 1300. The van der Waals surface area contributed by atoms with E-state index in [0.717, 1.165) is 0 Å². The van der Waals surface area contributed by atoms with Gasteiger partial charge in [-0.15, -0.1) is 0 Å². The Morgan fingerprint density at radius 3 is 2.43 bits per heavy atom. The zero-order valence-electron chi connectivity index (χ0n) is 14.5. The first kappa shape index (κ1) is 17.8. The van der Waals surface area contributed by atoms with Crippen LogP contribution in [0.25, 0.3) is 16.6 Å². The highest BCUT2D eigenvalue weighted by Gasteiger charge is 2.11. The number of carbonyl (C=O) groups is 1. The molecule has 1 heterocycles. The lowest BCUT2D eigenvalue weighted by Gasteiger charge is -2.09. The van der Waals surface area contributed by atoms with Crippen molar-refractivity contribution in [2.75, 3.05) is 5.32 Å². The lowest BCUT2D eigenvalue weighted by Crippen LogP contribution is -2.21. The molecule has 1 aromatic heterocycles. The number of hydrogen-bond acceptors (Lipinski definition) is 3. The summed E-state index contributed by atoms with van der Waals surface area (Å²) in [6.07, 6.45) is 0. The molecule has 28 heavy (non-hydrogen) atoms. The van der Waals surface area contributed by atoms with E-state index < -0.39 is 0 Å². The molecule has 2 N–H and O–H groups in total. The third-order valence-electron chi connectivity index (χ3n) is 4.28. The maximum Gasteiger partial charge on any atom is 0.266 e. The maximum atomic E-state index is 13.0. The maximum absolute atomic E-state index is 13.0. The molecule has 0 aliphatic heterocycles. The van der Waals surface area contributed by atoms with Crippen LogP contribution in [0.15, 0.2) is 77.6 Å². The zero-order valence-corrected chi connectivity index (χ0v) is 15.3. The number of anilines is 1. The lowest BCUT2D eigenvalue weighted by molar-refractivity contribution is 0.102. The zero-order chi connectivity index (χ0) is 19.7.